The van der Waals surface area contributed by atoms with Crippen molar-refractivity contribution in [1.82, 2.24) is 23.8 Å². The summed E-state index contributed by atoms with van der Waals surface area (Å²) in [6.07, 6.45) is 13.5. The van der Waals surface area contributed by atoms with Crippen LogP contribution in [0.1, 0.15) is 137 Å². The number of nitrogens with zero attached hydrogens (tertiary/aromatic N) is 5. The van der Waals surface area contributed by atoms with E-state index < -0.39 is 12.3 Å². The number of ether oxygens (including phenoxy) is 5. The molecule has 2 aliphatic carbocycles. The molecule has 0 spiro atoms. The number of rotatable bonds is 22. The minimum atomic E-state index is -1.83. The molecular weight excluding hydrogens is 1110 g/mol. The molecule has 0 bridgehead atoms. The van der Waals surface area contributed by atoms with Crippen molar-refractivity contribution in [3.8, 4) is 28.7 Å². The Balaban J connectivity index is 0.000000242. The van der Waals surface area contributed by atoms with E-state index in [1.165, 1.54) is 113 Å². The maximum Gasteiger partial charge on any atom is 0.503 e. The molecule has 0 radical (unpaired) electrons. The molecule has 4 N–H and O–H groups in total. The van der Waals surface area contributed by atoms with Crippen LogP contribution in [-0.4, -0.2) is 122 Å². The fourth-order valence-corrected chi connectivity index (χ4v) is 11.6. The second kappa shape index (κ2) is 33.8. The van der Waals surface area contributed by atoms with Crippen LogP contribution < -0.4 is 34.9 Å². The van der Waals surface area contributed by atoms with E-state index in [4.69, 9.17) is 65.3 Å². The maximum absolute atomic E-state index is 12.3. The topological polar surface area (TPSA) is 249 Å². The van der Waals surface area contributed by atoms with Crippen LogP contribution in [0.25, 0.3) is 0 Å². The van der Waals surface area contributed by atoms with Crippen molar-refractivity contribution >= 4 is 35.7 Å². The number of halogens is 1. The van der Waals surface area contributed by atoms with Gasteiger partial charge in [0, 0.05) is 81.9 Å². The van der Waals surface area contributed by atoms with Gasteiger partial charge in [-0.1, -0.05) is 86.5 Å². The predicted molar refractivity (Wildman–Crippen MR) is 323 cm³/mol. The van der Waals surface area contributed by atoms with E-state index in [0.717, 1.165) is 61.5 Å². The van der Waals surface area contributed by atoms with Crippen molar-refractivity contribution < 1.29 is 63.3 Å². The SMILES string of the molecule is COc1cc(CN(CC2CCCCC2)C(C)c2ccc3c(c2)CCO3)ccc1OCCN1C(=O)CCCC1=O.COc1cc(CN(CC2CCCCC2)[C@@H](C)c2ccc(Cl)cc2)ccc1OCCn1c(=O)ccn(C)c1=O.O=C(O)O.O=C(O)O. The van der Waals surface area contributed by atoms with Gasteiger partial charge < -0.3 is 48.7 Å². The monoisotopic (exact) mass is 1200 g/mol. The van der Waals surface area contributed by atoms with Crippen LogP contribution in [0.4, 0.5) is 9.59 Å². The summed E-state index contributed by atoms with van der Waals surface area (Å²) in [5.41, 5.74) is 5.51. The van der Waals surface area contributed by atoms with Crippen molar-refractivity contribution in [2.24, 2.45) is 18.9 Å². The van der Waals surface area contributed by atoms with Gasteiger partial charge >= 0.3 is 18.0 Å². The minimum absolute atomic E-state index is 0.111. The minimum Gasteiger partial charge on any atom is -0.493 e. The summed E-state index contributed by atoms with van der Waals surface area (Å²) in [6.45, 7) is 9.93. The second-order valence-electron chi connectivity index (χ2n) is 22.0. The molecule has 21 heteroatoms. The average molecular weight is 1200 g/mol. The highest BCUT2D eigenvalue weighted by atomic mass is 35.5. The van der Waals surface area contributed by atoms with E-state index in [1.54, 1.807) is 21.3 Å². The molecule has 462 valence electrons. The van der Waals surface area contributed by atoms with E-state index in [0.29, 0.717) is 48.2 Å². The molecule has 4 aliphatic rings. The number of amides is 2. The van der Waals surface area contributed by atoms with Gasteiger partial charge in [0.2, 0.25) is 11.8 Å². The van der Waals surface area contributed by atoms with Crippen molar-refractivity contribution in [3.05, 3.63) is 145 Å². The normalized spacial score (nSPS) is 15.8. The fraction of sp³-hybridized carbons (Fsp3) is 0.500. The lowest BCUT2D eigenvalue weighted by atomic mass is 9.88. The van der Waals surface area contributed by atoms with Crippen molar-refractivity contribution in [3.63, 3.8) is 0 Å². The summed E-state index contributed by atoms with van der Waals surface area (Å²) in [5.74, 6) is 4.75. The number of hydrogen-bond donors (Lipinski definition) is 4. The zero-order valence-corrected chi connectivity index (χ0v) is 50.4. The van der Waals surface area contributed by atoms with Crippen LogP contribution >= 0.6 is 11.6 Å². The lowest BCUT2D eigenvalue weighted by Gasteiger charge is -2.34. The van der Waals surface area contributed by atoms with Crippen LogP contribution in [0.3, 0.4) is 0 Å². The molecular formula is C64H84ClN5O15. The molecule has 2 saturated carbocycles. The molecule has 1 unspecified atom stereocenters. The zero-order chi connectivity index (χ0) is 61.4. The molecule has 3 heterocycles. The lowest BCUT2D eigenvalue weighted by Crippen LogP contribution is -2.42. The Labute approximate surface area is 502 Å². The summed E-state index contributed by atoms with van der Waals surface area (Å²) in [5, 5.41) is 28.6. The molecule has 2 amide bonds. The molecule has 85 heavy (non-hydrogen) atoms. The standard InChI is InChI=1S/C32H42N2O5.C30H38ClN3O4.2CH2O3/c1-23(26-12-14-28-27(20-26)15-17-38-28)33(21-24-7-4-3-5-8-24)22-25-11-13-29(30(19-25)37-2)39-18-16-34-31(35)9-6-10-32(34)36;1-22(25-10-12-26(31)13-11-25)33(20-23-7-5-4-6-8-23)21-24-9-14-27(28(19-24)37-3)38-18-17-34-29(35)15-16-32(2)30(34)36;2*2-1(3)4/h11-14,19-20,23-24H,3-10,15-18,21-22H2,1-2H3;9-16,19,22-23H,4-8,17-18,20-21H2,1-3H3;2*(H2,2,3,4)/t;22-;;/m.0../s1. The number of benzene rings is 4. The number of hydrogen-bond acceptors (Lipinski definition) is 13. The van der Waals surface area contributed by atoms with Crippen LogP contribution in [-0.2, 0) is 42.7 Å². The van der Waals surface area contributed by atoms with E-state index in [1.807, 2.05) is 30.3 Å². The first kappa shape index (κ1) is 66.6. The number of aromatic nitrogens is 2. The molecule has 5 aromatic rings. The largest absolute Gasteiger partial charge is 0.503 e. The third-order valence-corrected chi connectivity index (χ3v) is 16.3. The summed E-state index contributed by atoms with van der Waals surface area (Å²) in [6, 6.07) is 28.8. The second-order valence-corrected chi connectivity index (χ2v) is 22.4. The Morgan fingerprint density at radius 2 is 1.09 bits per heavy atom. The molecule has 4 aromatic carbocycles. The summed E-state index contributed by atoms with van der Waals surface area (Å²) < 4.78 is 31.5. The number of piperidine rings is 1. The van der Waals surface area contributed by atoms with E-state index >= 15 is 0 Å². The van der Waals surface area contributed by atoms with Gasteiger partial charge in [0.1, 0.15) is 19.0 Å². The molecule has 9 rings (SSSR count). The van der Waals surface area contributed by atoms with E-state index in [2.05, 4.69) is 72.2 Å². The van der Waals surface area contributed by atoms with Crippen molar-refractivity contribution in [2.45, 2.75) is 135 Å². The van der Waals surface area contributed by atoms with Crippen LogP contribution in [0.5, 0.6) is 28.7 Å². The number of aryl methyl sites for hydroxylation is 1. The van der Waals surface area contributed by atoms with Gasteiger partial charge in [-0.25, -0.2) is 14.4 Å². The third kappa shape index (κ3) is 20.9. The highest BCUT2D eigenvalue weighted by Crippen LogP contribution is 2.36. The average Bonchev–Trinajstić information content (AvgIpc) is 4.00. The molecule has 2 aliphatic heterocycles. The highest BCUT2D eigenvalue weighted by Gasteiger charge is 2.28. The predicted octanol–water partition coefficient (Wildman–Crippen LogP) is 11.6. The Morgan fingerprint density at radius 1 is 0.612 bits per heavy atom. The van der Waals surface area contributed by atoms with Gasteiger partial charge in [-0.15, -0.1) is 0 Å². The van der Waals surface area contributed by atoms with Crippen LogP contribution in [0, 0.1) is 11.8 Å². The van der Waals surface area contributed by atoms with Crippen LogP contribution in [0.15, 0.2) is 101 Å². The van der Waals surface area contributed by atoms with E-state index in [9.17, 15) is 19.2 Å². The number of carboxylic acid groups (broad SMARTS) is 4. The number of methoxy groups -OCH3 is 2. The smallest absolute Gasteiger partial charge is 0.493 e. The van der Waals surface area contributed by atoms with Gasteiger partial charge in [0.25, 0.3) is 5.56 Å². The molecule has 20 nitrogen and oxygen atoms in total. The fourth-order valence-electron chi connectivity index (χ4n) is 11.4. The quantitative estimate of drug-likeness (QED) is 0.0470. The Morgan fingerprint density at radius 3 is 1.60 bits per heavy atom. The molecule has 1 aromatic heterocycles. The number of likely N-dealkylation sites (tertiary alicyclic amines) is 1. The van der Waals surface area contributed by atoms with Gasteiger partial charge in [0.05, 0.1) is 33.9 Å². The van der Waals surface area contributed by atoms with Crippen molar-refractivity contribution in [1.29, 1.82) is 0 Å². The Kier molecular flexibility index (Phi) is 26.5. The first-order valence-corrected chi connectivity index (χ1v) is 29.7. The van der Waals surface area contributed by atoms with Gasteiger partial charge in [-0.2, -0.15) is 0 Å². The van der Waals surface area contributed by atoms with Gasteiger partial charge in [0.15, 0.2) is 23.0 Å². The summed E-state index contributed by atoms with van der Waals surface area (Å²) >= 11 is 6.15. The number of carbonyl (C=O) groups excluding carboxylic acids is 2. The zero-order valence-electron chi connectivity index (χ0n) is 49.6. The summed E-state index contributed by atoms with van der Waals surface area (Å²) in [4.78, 5) is 72.1. The van der Waals surface area contributed by atoms with Crippen LogP contribution in [0.2, 0.25) is 5.02 Å². The van der Waals surface area contributed by atoms with E-state index in [-0.39, 0.29) is 61.5 Å². The number of imide groups is 1. The summed E-state index contributed by atoms with van der Waals surface area (Å²) in [7, 11) is 4.89. The number of carbonyl (C=O) groups is 4. The third-order valence-electron chi connectivity index (χ3n) is 16.1. The first-order chi connectivity index (χ1) is 40.8. The Hall–Kier alpha value is -7.55. The number of fused-ring (bicyclic) bond motifs is 1. The maximum atomic E-state index is 12.3. The van der Waals surface area contributed by atoms with Gasteiger partial charge in [-0.3, -0.25) is 33.7 Å². The highest BCUT2D eigenvalue weighted by molar-refractivity contribution is 6.30. The van der Waals surface area contributed by atoms with Gasteiger partial charge in [-0.05, 0) is 128 Å². The molecule has 1 saturated heterocycles. The Bertz CT molecular complexity index is 3050. The lowest BCUT2D eigenvalue weighted by molar-refractivity contribution is -0.148. The first-order valence-electron chi connectivity index (χ1n) is 29.4. The van der Waals surface area contributed by atoms with Crippen molar-refractivity contribution in [2.75, 3.05) is 53.7 Å². The molecule has 2 atom stereocenters. The molecule has 3 fully saturated rings.